The molecule has 0 spiro atoms. The van der Waals surface area contributed by atoms with Crippen LogP contribution in [0.15, 0.2) is 18.2 Å². The van der Waals surface area contributed by atoms with Gasteiger partial charge in [0, 0.05) is 12.1 Å². The average molecular weight is 257 g/mol. The van der Waals surface area contributed by atoms with Crippen molar-refractivity contribution in [2.24, 2.45) is 0 Å². The van der Waals surface area contributed by atoms with E-state index in [9.17, 15) is 9.59 Å². The summed E-state index contributed by atoms with van der Waals surface area (Å²) in [7, 11) is 1.30. The number of benzene rings is 1. The maximum atomic E-state index is 11.6. The number of rotatable bonds is 4. The Morgan fingerprint density at radius 2 is 2.18 bits per heavy atom. The Balaban J connectivity index is 2.52. The molecule has 0 radical (unpaired) electrons. The van der Waals surface area contributed by atoms with E-state index in [4.69, 9.17) is 17.3 Å². The zero-order valence-electron chi connectivity index (χ0n) is 9.33. The SMILES string of the molecule is COC(=O)CCNC(=O)c1ccc(N)c(Cl)c1. The Kier molecular flexibility index (Phi) is 4.78. The highest BCUT2D eigenvalue weighted by atomic mass is 35.5. The van der Waals surface area contributed by atoms with Gasteiger partial charge in [-0.05, 0) is 18.2 Å². The first kappa shape index (κ1) is 13.3. The number of halogens is 1. The molecule has 0 aliphatic rings. The summed E-state index contributed by atoms with van der Waals surface area (Å²) < 4.78 is 4.44. The van der Waals surface area contributed by atoms with Crippen LogP contribution in [0.25, 0.3) is 0 Å². The molecule has 1 aromatic rings. The van der Waals surface area contributed by atoms with Gasteiger partial charge in [-0.25, -0.2) is 0 Å². The van der Waals surface area contributed by atoms with Crippen LogP contribution in [0.5, 0.6) is 0 Å². The van der Waals surface area contributed by atoms with Crippen LogP contribution in [0.1, 0.15) is 16.8 Å². The number of hydrogen-bond donors (Lipinski definition) is 2. The Hall–Kier alpha value is -1.75. The van der Waals surface area contributed by atoms with Crippen molar-refractivity contribution in [3.8, 4) is 0 Å². The number of hydrogen-bond acceptors (Lipinski definition) is 4. The van der Waals surface area contributed by atoms with Gasteiger partial charge in [0.2, 0.25) is 0 Å². The Morgan fingerprint density at radius 1 is 1.47 bits per heavy atom. The quantitative estimate of drug-likeness (QED) is 0.627. The molecule has 1 aromatic carbocycles. The summed E-state index contributed by atoms with van der Waals surface area (Å²) in [6.45, 7) is 0.216. The fourth-order valence-corrected chi connectivity index (χ4v) is 1.33. The molecule has 92 valence electrons. The number of nitrogen functional groups attached to an aromatic ring is 1. The van der Waals surface area contributed by atoms with E-state index in [0.717, 1.165) is 0 Å². The molecule has 1 rings (SSSR count). The second-order valence-electron chi connectivity index (χ2n) is 3.32. The van der Waals surface area contributed by atoms with Crippen molar-refractivity contribution in [3.63, 3.8) is 0 Å². The number of ether oxygens (including phenoxy) is 1. The molecule has 3 N–H and O–H groups in total. The van der Waals surface area contributed by atoms with Crippen LogP contribution in [0.2, 0.25) is 5.02 Å². The summed E-state index contributed by atoms with van der Waals surface area (Å²) in [4.78, 5) is 22.4. The molecule has 0 aromatic heterocycles. The van der Waals surface area contributed by atoms with Gasteiger partial charge in [-0.3, -0.25) is 9.59 Å². The van der Waals surface area contributed by atoms with Crippen LogP contribution in [-0.2, 0) is 9.53 Å². The van der Waals surface area contributed by atoms with Gasteiger partial charge < -0.3 is 15.8 Å². The molecular formula is C11H13ClN2O3. The van der Waals surface area contributed by atoms with Crippen LogP contribution in [0.4, 0.5) is 5.69 Å². The third kappa shape index (κ3) is 3.96. The van der Waals surface area contributed by atoms with Crippen molar-refractivity contribution in [1.82, 2.24) is 5.32 Å². The van der Waals surface area contributed by atoms with Gasteiger partial charge in [0.25, 0.3) is 5.91 Å². The predicted molar refractivity (Wildman–Crippen MR) is 64.8 cm³/mol. The van der Waals surface area contributed by atoms with Gasteiger partial charge in [-0.2, -0.15) is 0 Å². The topological polar surface area (TPSA) is 81.4 Å². The van der Waals surface area contributed by atoms with E-state index in [1.165, 1.54) is 13.2 Å². The molecule has 0 atom stereocenters. The fourth-order valence-electron chi connectivity index (χ4n) is 1.15. The number of esters is 1. The summed E-state index contributed by atoms with van der Waals surface area (Å²) in [6.07, 6.45) is 0.130. The van der Waals surface area contributed by atoms with Gasteiger partial charge >= 0.3 is 5.97 Å². The van der Waals surface area contributed by atoms with Gasteiger partial charge in [0.1, 0.15) is 0 Å². The first-order valence-electron chi connectivity index (χ1n) is 4.94. The highest BCUT2D eigenvalue weighted by Gasteiger charge is 2.08. The first-order valence-corrected chi connectivity index (χ1v) is 5.32. The average Bonchev–Trinajstić information content (AvgIpc) is 2.32. The van der Waals surface area contributed by atoms with Crippen molar-refractivity contribution in [1.29, 1.82) is 0 Å². The lowest BCUT2D eigenvalue weighted by atomic mass is 10.2. The highest BCUT2D eigenvalue weighted by molar-refractivity contribution is 6.33. The highest BCUT2D eigenvalue weighted by Crippen LogP contribution is 2.19. The van der Waals surface area contributed by atoms with Crippen LogP contribution in [0.3, 0.4) is 0 Å². The van der Waals surface area contributed by atoms with Gasteiger partial charge in [0.05, 0.1) is 24.2 Å². The van der Waals surface area contributed by atoms with Crippen LogP contribution >= 0.6 is 11.6 Å². The van der Waals surface area contributed by atoms with Crippen molar-refractivity contribution >= 4 is 29.2 Å². The lowest BCUT2D eigenvalue weighted by Gasteiger charge is -2.05. The van der Waals surface area contributed by atoms with Crippen LogP contribution in [0, 0.1) is 0 Å². The summed E-state index contributed by atoms with van der Waals surface area (Å²) in [5.41, 5.74) is 6.33. The number of carbonyl (C=O) groups is 2. The van der Waals surface area contributed by atoms with E-state index in [0.29, 0.717) is 16.3 Å². The maximum Gasteiger partial charge on any atom is 0.307 e. The van der Waals surface area contributed by atoms with E-state index in [2.05, 4.69) is 10.1 Å². The van der Waals surface area contributed by atoms with E-state index in [1.807, 2.05) is 0 Å². The third-order valence-corrected chi connectivity index (χ3v) is 2.43. The summed E-state index contributed by atoms with van der Waals surface area (Å²) in [5.74, 6) is -0.684. The van der Waals surface area contributed by atoms with E-state index >= 15 is 0 Å². The minimum Gasteiger partial charge on any atom is -0.469 e. The Labute approximate surface area is 104 Å². The fraction of sp³-hybridized carbons (Fsp3) is 0.273. The van der Waals surface area contributed by atoms with E-state index < -0.39 is 0 Å². The van der Waals surface area contributed by atoms with E-state index in [1.54, 1.807) is 12.1 Å². The van der Waals surface area contributed by atoms with Crippen molar-refractivity contribution in [2.45, 2.75) is 6.42 Å². The molecule has 5 nitrogen and oxygen atoms in total. The smallest absolute Gasteiger partial charge is 0.307 e. The predicted octanol–water partition coefficient (Wildman–Crippen LogP) is 1.22. The van der Waals surface area contributed by atoms with Gasteiger partial charge in [0.15, 0.2) is 0 Å². The van der Waals surface area contributed by atoms with Crippen molar-refractivity contribution in [3.05, 3.63) is 28.8 Å². The molecule has 0 fully saturated rings. The molecule has 0 aliphatic heterocycles. The number of anilines is 1. The van der Waals surface area contributed by atoms with Gasteiger partial charge in [-0.1, -0.05) is 11.6 Å². The van der Waals surface area contributed by atoms with Crippen molar-refractivity contribution < 1.29 is 14.3 Å². The standard InChI is InChI=1S/C11H13ClN2O3/c1-17-10(15)4-5-14-11(16)7-2-3-9(13)8(12)6-7/h2-3,6H,4-5,13H2,1H3,(H,14,16). The molecule has 0 saturated heterocycles. The maximum absolute atomic E-state index is 11.6. The molecule has 0 heterocycles. The first-order chi connectivity index (χ1) is 8.04. The third-order valence-electron chi connectivity index (χ3n) is 2.10. The van der Waals surface area contributed by atoms with Crippen molar-refractivity contribution in [2.75, 3.05) is 19.4 Å². The largest absolute Gasteiger partial charge is 0.469 e. The Morgan fingerprint density at radius 3 is 2.76 bits per heavy atom. The minimum absolute atomic E-state index is 0.130. The molecule has 1 amide bonds. The number of nitrogens with two attached hydrogens (primary N) is 1. The molecule has 0 saturated carbocycles. The molecular weight excluding hydrogens is 244 g/mol. The lowest BCUT2D eigenvalue weighted by molar-refractivity contribution is -0.140. The minimum atomic E-state index is -0.374. The molecule has 0 unspecified atom stereocenters. The number of carbonyl (C=O) groups excluding carboxylic acids is 2. The normalized spacial score (nSPS) is 9.76. The summed E-state index contributed by atoms with van der Waals surface area (Å²) in [6, 6.07) is 4.59. The molecule has 0 bridgehead atoms. The zero-order chi connectivity index (χ0) is 12.8. The van der Waals surface area contributed by atoms with Gasteiger partial charge in [-0.15, -0.1) is 0 Å². The monoisotopic (exact) mass is 256 g/mol. The number of nitrogens with one attached hydrogen (secondary N) is 1. The van der Waals surface area contributed by atoms with Crippen LogP contribution in [-0.4, -0.2) is 25.5 Å². The summed E-state index contributed by atoms with van der Waals surface area (Å²) in [5, 5.41) is 2.90. The number of amides is 1. The molecule has 6 heteroatoms. The molecule has 0 aliphatic carbocycles. The molecule has 17 heavy (non-hydrogen) atoms. The van der Waals surface area contributed by atoms with Crippen LogP contribution < -0.4 is 11.1 Å². The lowest BCUT2D eigenvalue weighted by Crippen LogP contribution is -2.26. The Bertz CT molecular complexity index is 435. The second kappa shape index (κ2) is 6.10. The summed E-state index contributed by atoms with van der Waals surface area (Å²) >= 11 is 5.79. The number of methoxy groups -OCH3 is 1. The van der Waals surface area contributed by atoms with E-state index in [-0.39, 0.29) is 24.8 Å². The zero-order valence-corrected chi connectivity index (χ0v) is 10.1. The second-order valence-corrected chi connectivity index (χ2v) is 3.73.